The highest BCUT2D eigenvalue weighted by Crippen LogP contribution is 2.40. The Balaban J connectivity index is 1.42. The Hall–Kier alpha value is -3.50. The van der Waals surface area contributed by atoms with Gasteiger partial charge in [0.25, 0.3) is 0 Å². The van der Waals surface area contributed by atoms with Gasteiger partial charge in [-0.05, 0) is 87.9 Å². The predicted molar refractivity (Wildman–Crippen MR) is 202 cm³/mol. The number of piperidine rings is 1. The molecule has 0 spiro atoms. The Kier molecular flexibility index (Phi) is 14.5. The molecule has 1 fully saturated rings. The van der Waals surface area contributed by atoms with Crippen LogP contribution in [-0.4, -0.2) is 84.1 Å². The molecular formula is C41H55N3O7S. The molecule has 2 heterocycles. The molecule has 0 aliphatic carbocycles. The molecule has 1 saturated heterocycles. The van der Waals surface area contributed by atoms with Crippen LogP contribution >= 0.6 is 0 Å². The Morgan fingerprint density at radius 1 is 1.02 bits per heavy atom. The van der Waals surface area contributed by atoms with Crippen LogP contribution in [0, 0.1) is 24.2 Å². The second-order valence-corrected chi connectivity index (χ2v) is 15.9. The van der Waals surface area contributed by atoms with Crippen molar-refractivity contribution in [3.05, 3.63) is 89.0 Å². The zero-order chi connectivity index (χ0) is 37.1. The topological polar surface area (TPSA) is 111 Å². The number of fused-ring (bicyclic) bond motifs is 1. The highest BCUT2D eigenvalue weighted by atomic mass is 32.2. The number of rotatable bonds is 18. The molecule has 0 unspecified atom stereocenters. The molecule has 2 aliphatic rings. The van der Waals surface area contributed by atoms with E-state index in [1.807, 2.05) is 52.0 Å². The molecule has 5 atom stereocenters. The molecule has 282 valence electrons. The fraction of sp³-hybridized carbons (Fsp3) is 0.537. The van der Waals surface area contributed by atoms with Gasteiger partial charge in [-0.1, -0.05) is 48.0 Å². The van der Waals surface area contributed by atoms with E-state index in [0.29, 0.717) is 52.5 Å². The second kappa shape index (κ2) is 19.0. The van der Waals surface area contributed by atoms with Gasteiger partial charge in [0.05, 0.1) is 55.2 Å². The van der Waals surface area contributed by atoms with Crippen LogP contribution < -0.4 is 9.64 Å². The summed E-state index contributed by atoms with van der Waals surface area (Å²) in [6.07, 6.45) is 1.45. The first kappa shape index (κ1) is 39.7. The lowest BCUT2D eigenvalue weighted by Crippen LogP contribution is -2.52. The smallest absolute Gasteiger partial charge is 0.243 e. The maximum Gasteiger partial charge on any atom is 0.243 e. The van der Waals surface area contributed by atoms with Gasteiger partial charge in [0.1, 0.15) is 12.4 Å². The summed E-state index contributed by atoms with van der Waals surface area (Å²) in [6, 6.07) is 23.4. The lowest BCUT2D eigenvalue weighted by molar-refractivity contribution is -0.0217. The highest BCUT2D eigenvalue weighted by molar-refractivity contribution is 7.89. The Bertz CT molecular complexity index is 1710. The van der Waals surface area contributed by atoms with Crippen LogP contribution in [0.15, 0.2) is 71.6 Å². The van der Waals surface area contributed by atoms with Gasteiger partial charge in [0, 0.05) is 51.3 Å². The lowest BCUT2D eigenvalue weighted by Gasteiger charge is -2.43. The van der Waals surface area contributed by atoms with Crippen LogP contribution in [0.25, 0.3) is 0 Å². The molecule has 5 rings (SSSR count). The quantitative estimate of drug-likeness (QED) is 0.130. The summed E-state index contributed by atoms with van der Waals surface area (Å²) in [5, 5.41) is 9.80. The predicted octanol–water partition coefficient (Wildman–Crippen LogP) is 6.85. The van der Waals surface area contributed by atoms with E-state index in [4.69, 9.17) is 23.7 Å². The Morgan fingerprint density at radius 2 is 1.77 bits per heavy atom. The van der Waals surface area contributed by atoms with Crippen LogP contribution in [0.1, 0.15) is 68.2 Å². The summed E-state index contributed by atoms with van der Waals surface area (Å²) in [7, 11) is -2.16. The van der Waals surface area contributed by atoms with E-state index in [2.05, 4.69) is 41.3 Å². The summed E-state index contributed by atoms with van der Waals surface area (Å²) in [5.41, 5.74) is 5.12. The maximum atomic E-state index is 14.3. The third kappa shape index (κ3) is 10.3. The van der Waals surface area contributed by atoms with Crippen LogP contribution in [0.5, 0.6) is 5.75 Å². The van der Waals surface area contributed by atoms with Gasteiger partial charge in [-0.25, -0.2) is 8.42 Å². The van der Waals surface area contributed by atoms with Crippen LogP contribution in [0.3, 0.4) is 0 Å². The van der Waals surface area contributed by atoms with E-state index >= 15 is 0 Å². The number of aryl methyl sites for hydroxylation is 1. The van der Waals surface area contributed by atoms with E-state index in [1.54, 1.807) is 23.5 Å². The standard InChI is InChI=1S/C41H55N3O7S/c1-6-49-32(4)27-48-28-33-10-13-35(14-11-33)38-24-36(22-31(3)25-42)44(52(45,46)37-15-8-30(2)9-16-37)26-41(38)51-29-34-12-17-40-39(23-34)43(19-21-50-40)18-7-20-47-5/h8-17,23,31-32,36,38,41H,6-7,18-22,24,26-29H2,1-5H3/t31-,32-,36+,38-,41+/m1/s1. The van der Waals surface area contributed by atoms with Gasteiger partial charge in [0.15, 0.2) is 0 Å². The molecule has 2 aliphatic heterocycles. The molecule has 0 saturated carbocycles. The Labute approximate surface area is 310 Å². The van der Waals surface area contributed by atoms with Crippen molar-refractivity contribution in [2.45, 2.75) is 89.2 Å². The number of nitriles is 1. The Morgan fingerprint density at radius 3 is 2.48 bits per heavy atom. The number of anilines is 1. The molecule has 3 aromatic rings. The van der Waals surface area contributed by atoms with Gasteiger partial charge in [-0.2, -0.15) is 9.57 Å². The zero-order valence-electron chi connectivity index (χ0n) is 31.3. The first-order valence-electron chi connectivity index (χ1n) is 18.5. The van der Waals surface area contributed by atoms with E-state index in [-0.39, 0.29) is 35.4 Å². The SMILES string of the molecule is CCO[C@H](C)COCc1ccc([C@H]2C[C@H](C[C@@H](C)C#N)N(S(=O)(=O)c3ccc(C)cc3)C[C@@H]2OCc2ccc3c(c2)N(CCCOC)CCO3)cc1. The largest absolute Gasteiger partial charge is 0.490 e. The van der Waals surface area contributed by atoms with E-state index in [9.17, 15) is 13.7 Å². The van der Waals surface area contributed by atoms with E-state index in [0.717, 1.165) is 53.2 Å². The van der Waals surface area contributed by atoms with Crippen LogP contribution in [0.2, 0.25) is 0 Å². The maximum absolute atomic E-state index is 14.3. The van der Waals surface area contributed by atoms with Crippen molar-refractivity contribution in [3.8, 4) is 11.8 Å². The molecule has 0 bridgehead atoms. The molecule has 10 nitrogen and oxygen atoms in total. The van der Waals surface area contributed by atoms with Crippen molar-refractivity contribution >= 4 is 15.7 Å². The van der Waals surface area contributed by atoms with Gasteiger partial charge in [-0.3, -0.25) is 0 Å². The van der Waals surface area contributed by atoms with Crippen molar-refractivity contribution in [3.63, 3.8) is 0 Å². The normalized spacial score (nSPS) is 20.5. The second-order valence-electron chi connectivity index (χ2n) is 14.0. The number of sulfonamides is 1. The summed E-state index contributed by atoms with van der Waals surface area (Å²) in [4.78, 5) is 2.57. The molecule has 52 heavy (non-hydrogen) atoms. The molecule has 0 amide bonds. The third-order valence-corrected chi connectivity index (χ3v) is 11.9. The molecule has 0 aromatic heterocycles. The van der Waals surface area contributed by atoms with Crippen molar-refractivity contribution in [2.24, 2.45) is 5.92 Å². The fourth-order valence-electron chi connectivity index (χ4n) is 7.13. The molecule has 3 aromatic carbocycles. The van der Waals surface area contributed by atoms with Gasteiger partial charge in [-0.15, -0.1) is 0 Å². The summed E-state index contributed by atoms with van der Waals surface area (Å²) in [5.74, 6) is 0.436. The van der Waals surface area contributed by atoms with E-state index in [1.165, 1.54) is 0 Å². The fourth-order valence-corrected chi connectivity index (χ4v) is 8.79. The minimum absolute atomic E-state index is 0.0256. The summed E-state index contributed by atoms with van der Waals surface area (Å²) in [6.45, 7) is 12.9. The third-order valence-electron chi connectivity index (χ3n) is 9.92. The average molecular weight is 734 g/mol. The molecule has 11 heteroatoms. The molecular weight excluding hydrogens is 679 g/mol. The minimum Gasteiger partial charge on any atom is -0.490 e. The number of ether oxygens (including phenoxy) is 5. The molecule has 0 radical (unpaired) electrons. The summed E-state index contributed by atoms with van der Waals surface area (Å²) >= 11 is 0. The first-order chi connectivity index (χ1) is 25.1. The minimum atomic E-state index is -3.88. The number of hydrogen-bond acceptors (Lipinski definition) is 9. The van der Waals surface area contributed by atoms with Gasteiger partial charge in [0.2, 0.25) is 10.0 Å². The number of benzene rings is 3. The van der Waals surface area contributed by atoms with Gasteiger partial charge < -0.3 is 28.6 Å². The number of hydrogen-bond donors (Lipinski definition) is 0. The monoisotopic (exact) mass is 733 g/mol. The van der Waals surface area contributed by atoms with Crippen molar-refractivity contribution < 1.29 is 32.1 Å². The van der Waals surface area contributed by atoms with Gasteiger partial charge >= 0.3 is 0 Å². The first-order valence-corrected chi connectivity index (χ1v) is 19.9. The van der Waals surface area contributed by atoms with Crippen LogP contribution in [-0.2, 0) is 42.2 Å². The van der Waals surface area contributed by atoms with Crippen molar-refractivity contribution in [2.75, 3.05) is 58.1 Å². The number of nitrogens with zero attached hydrogens (tertiary/aromatic N) is 3. The zero-order valence-corrected chi connectivity index (χ0v) is 32.1. The van der Waals surface area contributed by atoms with Crippen molar-refractivity contribution in [1.82, 2.24) is 4.31 Å². The number of methoxy groups -OCH3 is 1. The lowest BCUT2D eigenvalue weighted by atomic mass is 9.81. The average Bonchev–Trinajstić information content (AvgIpc) is 3.14. The highest BCUT2D eigenvalue weighted by Gasteiger charge is 2.43. The van der Waals surface area contributed by atoms with Crippen LogP contribution in [0.4, 0.5) is 5.69 Å². The van der Waals surface area contributed by atoms with E-state index < -0.39 is 16.1 Å². The summed E-state index contributed by atoms with van der Waals surface area (Å²) < 4.78 is 59.7. The molecule has 0 N–H and O–H groups in total. The van der Waals surface area contributed by atoms with Crippen molar-refractivity contribution in [1.29, 1.82) is 5.26 Å².